The molecule has 0 heterocycles. The highest BCUT2D eigenvalue weighted by Crippen LogP contribution is 2.17. The lowest BCUT2D eigenvalue weighted by Gasteiger charge is -2.33. The topological polar surface area (TPSA) is 49.4 Å². The van der Waals surface area contributed by atoms with Crippen LogP contribution in [0.5, 0.6) is 0 Å². The molecule has 1 atom stereocenters. The Kier molecular flexibility index (Phi) is 7.80. The predicted octanol–water partition coefficient (Wildman–Crippen LogP) is 4.74. The number of hydrogen-bond acceptors (Lipinski definition) is 2. The van der Waals surface area contributed by atoms with Gasteiger partial charge >= 0.3 is 0 Å². The second kappa shape index (κ2) is 9.88. The van der Waals surface area contributed by atoms with Crippen LogP contribution in [0.4, 0.5) is 4.39 Å². The zero-order valence-electron chi connectivity index (χ0n) is 17.3. The molecule has 0 aromatic heterocycles. The van der Waals surface area contributed by atoms with Gasteiger partial charge in [-0.1, -0.05) is 42.8 Å². The van der Waals surface area contributed by atoms with E-state index < -0.39 is 11.6 Å². The molecule has 4 nitrogen and oxygen atoms in total. The third-order valence-electron chi connectivity index (χ3n) is 4.39. The Hall–Kier alpha value is -2.40. The minimum atomic E-state index is -0.633. The lowest BCUT2D eigenvalue weighted by atomic mass is 10.0. The zero-order chi connectivity index (χ0) is 21.6. The Bertz CT molecular complexity index is 847. The monoisotopic (exact) mass is 418 g/mol. The molecular formula is C23H28ClFN2O2. The molecule has 0 aliphatic carbocycles. The van der Waals surface area contributed by atoms with Crippen LogP contribution in [-0.4, -0.2) is 28.3 Å². The molecule has 0 saturated heterocycles. The van der Waals surface area contributed by atoms with Gasteiger partial charge in [-0.15, -0.1) is 0 Å². The number of nitrogens with one attached hydrogen (secondary N) is 1. The second-order valence-electron chi connectivity index (χ2n) is 8.12. The number of nitrogens with zero attached hydrogens (tertiary/aromatic N) is 1. The van der Waals surface area contributed by atoms with E-state index in [-0.39, 0.29) is 30.6 Å². The van der Waals surface area contributed by atoms with Crippen LogP contribution in [0.2, 0.25) is 5.02 Å². The van der Waals surface area contributed by atoms with Gasteiger partial charge in [0.15, 0.2) is 0 Å². The van der Waals surface area contributed by atoms with Crippen molar-refractivity contribution in [1.29, 1.82) is 0 Å². The molecule has 0 saturated carbocycles. The maximum absolute atomic E-state index is 13.3. The summed E-state index contributed by atoms with van der Waals surface area (Å²) in [5.74, 6) is -0.739. The molecule has 29 heavy (non-hydrogen) atoms. The Morgan fingerprint density at radius 3 is 2.31 bits per heavy atom. The highest BCUT2D eigenvalue weighted by atomic mass is 35.5. The van der Waals surface area contributed by atoms with Crippen LogP contribution in [0.1, 0.15) is 45.2 Å². The molecule has 0 fully saturated rings. The van der Waals surface area contributed by atoms with Crippen molar-refractivity contribution in [2.24, 2.45) is 0 Å². The molecular weight excluding hydrogens is 391 g/mol. The smallest absolute Gasteiger partial charge is 0.243 e. The van der Waals surface area contributed by atoms with Crippen molar-refractivity contribution in [2.45, 2.75) is 58.7 Å². The van der Waals surface area contributed by atoms with Gasteiger partial charge in [0.25, 0.3) is 0 Å². The number of hydrogen-bond donors (Lipinski definition) is 1. The summed E-state index contributed by atoms with van der Waals surface area (Å²) in [6.07, 6.45) is 0.589. The van der Waals surface area contributed by atoms with Gasteiger partial charge in [0.05, 0.1) is 6.42 Å². The fourth-order valence-electron chi connectivity index (χ4n) is 3.08. The summed E-state index contributed by atoms with van der Waals surface area (Å²) < 4.78 is 13.3. The van der Waals surface area contributed by atoms with Crippen molar-refractivity contribution in [3.8, 4) is 0 Å². The molecule has 1 unspecified atom stereocenters. The molecule has 2 aromatic carbocycles. The highest BCUT2D eigenvalue weighted by molar-refractivity contribution is 6.30. The van der Waals surface area contributed by atoms with E-state index in [0.29, 0.717) is 11.4 Å². The fourth-order valence-corrected chi connectivity index (χ4v) is 3.29. The number of rotatable bonds is 7. The zero-order valence-corrected chi connectivity index (χ0v) is 18.1. The molecule has 156 valence electrons. The minimum Gasteiger partial charge on any atom is -0.350 e. The van der Waals surface area contributed by atoms with Crippen molar-refractivity contribution < 1.29 is 14.0 Å². The SMILES string of the molecule is CCC(C(=O)NC(C)(C)C)N(Cc1ccc(F)cc1)C(=O)Cc1cccc(Cl)c1. The third-order valence-corrected chi connectivity index (χ3v) is 4.63. The summed E-state index contributed by atoms with van der Waals surface area (Å²) in [6.45, 7) is 7.79. The van der Waals surface area contributed by atoms with E-state index in [4.69, 9.17) is 11.6 Å². The Labute approximate surface area is 177 Å². The number of halogens is 2. The van der Waals surface area contributed by atoms with Gasteiger partial charge in [-0.25, -0.2) is 4.39 Å². The van der Waals surface area contributed by atoms with Crippen LogP contribution in [0.3, 0.4) is 0 Å². The summed E-state index contributed by atoms with van der Waals surface area (Å²) in [5, 5.41) is 3.51. The number of carbonyl (C=O) groups is 2. The van der Waals surface area contributed by atoms with E-state index in [2.05, 4.69) is 5.32 Å². The van der Waals surface area contributed by atoms with Crippen molar-refractivity contribution >= 4 is 23.4 Å². The molecule has 0 spiro atoms. The van der Waals surface area contributed by atoms with Crippen LogP contribution in [0, 0.1) is 5.82 Å². The number of amides is 2. The summed E-state index contributed by atoms with van der Waals surface area (Å²) >= 11 is 6.04. The summed E-state index contributed by atoms with van der Waals surface area (Å²) in [6, 6.07) is 12.4. The first-order chi connectivity index (χ1) is 13.6. The van der Waals surface area contributed by atoms with Gasteiger partial charge in [0.1, 0.15) is 11.9 Å². The molecule has 6 heteroatoms. The Morgan fingerprint density at radius 1 is 1.10 bits per heavy atom. The van der Waals surface area contributed by atoms with E-state index >= 15 is 0 Å². The molecule has 0 bridgehead atoms. The summed E-state index contributed by atoms with van der Waals surface area (Å²) in [5.41, 5.74) is 1.12. The van der Waals surface area contributed by atoms with E-state index in [1.165, 1.54) is 12.1 Å². The van der Waals surface area contributed by atoms with Crippen LogP contribution in [0.15, 0.2) is 48.5 Å². The van der Waals surface area contributed by atoms with Crippen LogP contribution in [0.25, 0.3) is 0 Å². The van der Waals surface area contributed by atoms with E-state index in [9.17, 15) is 14.0 Å². The van der Waals surface area contributed by atoms with Crippen LogP contribution >= 0.6 is 11.6 Å². The quantitative estimate of drug-likeness (QED) is 0.705. The van der Waals surface area contributed by atoms with Crippen LogP contribution < -0.4 is 5.32 Å². The third kappa shape index (κ3) is 7.17. The van der Waals surface area contributed by atoms with Crippen LogP contribution in [-0.2, 0) is 22.6 Å². The summed E-state index contributed by atoms with van der Waals surface area (Å²) in [4.78, 5) is 27.7. The van der Waals surface area contributed by atoms with Gasteiger partial charge in [-0.05, 0) is 62.6 Å². The number of carbonyl (C=O) groups excluding carboxylic acids is 2. The van der Waals surface area contributed by atoms with E-state index in [1.54, 1.807) is 35.2 Å². The first-order valence-electron chi connectivity index (χ1n) is 9.69. The lowest BCUT2D eigenvalue weighted by molar-refractivity contribution is -0.141. The standard InChI is InChI=1S/C23H28ClFN2O2/c1-5-20(22(29)26-23(2,3)4)27(15-16-9-11-19(25)12-10-16)21(28)14-17-7-6-8-18(24)13-17/h6-13,20H,5,14-15H2,1-4H3,(H,26,29). The van der Waals surface area contributed by atoms with E-state index in [1.807, 2.05) is 33.8 Å². The van der Waals surface area contributed by atoms with Crippen molar-refractivity contribution in [1.82, 2.24) is 10.2 Å². The predicted molar refractivity (Wildman–Crippen MR) is 114 cm³/mol. The molecule has 2 rings (SSSR count). The highest BCUT2D eigenvalue weighted by Gasteiger charge is 2.30. The first kappa shape index (κ1) is 22.9. The van der Waals surface area contributed by atoms with Gasteiger partial charge in [-0.3, -0.25) is 9.59 Å². The second-order valence-corrected chi connectivity index (χ2v) is 8.55. The van der Waals surface area contributed by atoms with Crippen molar-refractivity contribution in [3.05, 3.63) is 70.5 Å². The van der Waals surface area contributed by atoms with Gasteiger partial charge in [0, 0.05) is 17.1 Å². The minimum absolute atomic E-state index is 0.126. The van der Waals surface area contributed by atoms with E-state index in [0.717, 1.165) is 11.1 Å². The molecule has 2 amide bonds. The molecule has 0 aliphatic rings. The average Bonchev–Trinajstić information content (AvgIpc) is 2.61. The van der Waals surface area contributed by atoms with Gasteiger partial charge < -0.3 is 10.2 Å². The lowest BCUT2D eigenvalue weighted by Crippen LogP contribution is -2.53. The van der Waals surface area contributed by atoms with Gasteiger partial charge in [-0.2, -0.15) is 0 Å². The fraction of sp³-hybridized carbons (Fsp3) is 0.391. The molecule has 1 N–H and O–H groups in total. The van der Waals surface area contributed by atoms with Crippen molar-refractivity contribution in [2.75, 3.05) is 0 Å². The largest absolute Gasteiger partial charge is 0.350 e. The maximum Gasteiger partial charge on any atom is 0.243 e. The Morgan fingerprint density at radius 2 is 1.76 bits per heavy atom. The molecule has 0 aliphatic heterocycles. The molecule has 2 aromatic rings. The van der Waals surface area contributed by atoms with Gasteiger partial charge in [0.2, 0.25) is 11.8 Å². The molecule has 0 radical (unpaired) electrons. The summed E-state index contributed by atoms with van der Waals surface area (Å²) in [7, 11) is 0. The Balaban J connectivity index is 2.30. The number of benzene rings is 2. The van der Waals surface area contributed by atoms with Crippen molar-refractivity contribution in [3.63, 3.8) is 0 Å². The maximum atomic E-state index is 13.3. The average molecular weight is 419 g/mol. The normalized spacial score (nSPS) is 12.3. The first-order valence-corrected chi connectivity index (χ1v) is 10.1.